The van der Waals surface area contributed by atoms with Gasteiger partial charge in [0.2, 0.25) is 5.91 Å². The van der Waals surface area contributed by atoms with Gasteiger partial charge in [0.1, 0.15) is 6.04 Å². The summed E-state index contributed by atoms with van der Waals surface area (Å²) < 4.78 is 27.1. The molecule has 4 amide bonds. The number of likely N-dealkylation sites (tertiary alicyclic amines) is 1. The highest BCUT2D eigenvalue weighted by Gasteiger charge is 2.45. The largest absolute Gasteiger partial charge is 0.380 e. The van der Waals surface area contributed by atoms with E-state index < -0.39 is 36.1 Å². The van der Waals surface area contributed by atoms with E-state index in [4.69, 9.17) is 0 Å². The number of rotatable bonds is 6. The van der Waals surface area contributed by atoms with Crippen LogP contribution in [0.5, 0.6) is 0 Å². The number of aromatic nitrogens is 2. The van der Waals surface area contributed by atoms with E-state index in [9.17, 15) is 28.0 Å². The van der Waals surface area contributed by atoms with Crippen molar-refractivity contribution >= 4 is 29.3 Å². The number of carbonyl (C=O) groups is 4. The van der Waals surface area contributed by atoms with E-state index >= 15 is 0 Å². The summed E-state index contributed by atoms with van der Waals surface area (Å²) in [6.45, 7) is 4.56. The first-order chi connectivity index (χ1) is 17.7. The Morgan fingerprint density at radius 3 is 2.62 bits per heavy atom. The van der Waals surface area contributed by atoms with Crippen LogP contribution in [0.15, 0.2) is 42.9 Å². The van der Waals surface area contributed by atoms with E-state index in [0.717, 1.165) is 10.5 Å². The molecule has 0 saturated carbocycles. The van der Waals surface area contributed by atoms with Gasteiger partial charge in [0.25, 0.3) is 17.7 Å². The van der Waals surface area contributed by atoms with Gasteiger partial charge < -0.3 is 15.5 Å². The second-order valence-corrected chi connectivity index (χ2v) is 9.40. The van der Waals surface area contributed by atoms with Gasteiger partial charge in [0.15, 0.2) is 0 Å². The predicted molar refractivity (Wildman–Crippen MR) is 128 cm³/mol. The summed E-state index contributed by atoms with van der Waals surface area (Å²) in [4.78, 5) is 52.5. The van der Waals surface area contributed by atoms with Crippen molar-refractivity contribution in [2.75, 3.05) is 18.4 Å². The lowest BCUT2D eigenvalue weighted by Crippen LogP contribution is -2.51. The Bertz CT molecular complexity index is 1280. The molecule has 2 aromatic rings. The highest BCUT2D eigenvalue weighted by atomic mass is 19.3. The van der Waals surface area contributed by atoms with Gasteiger partial charge in [-0.15, -0.1) is 0 Å². The monoisotopic (exact) mass is 512 g/mol. The van der Waals surface area contributed by atoms with Crippen LogP contribution in [0.2, 0.25) is 0 Å². The van der Waals surface area contributed by atoms with E-state index in [1.165, 1.54) is 4.90 Å². The maximum atomic E-state index is 13.3. The second-order valence-electron chi connectivity index (χ2n) is 9.40. The zero-order valence-corrected chi connectivity index (χ0v) is 20.0. The van der Waals surface area contributed by atoms with Crippen LogP contribution in [-0.2, 0) is 16.1 Å². The number of imide groups is 1. The van der Waals surface area contributed by atoms with Crippen LogP contribution in [0.4, 0.5) is 14.5 Å². The fourth-order valence-corrected chi connectivity index (χ4v) is 5.10. The number of carbonyl (C=O) groups excluding carboxylic acids is 4. The Morgan fingerprint density at radius 1 is 1.16 bits per heavy atom. The highest BCUT2D eigenvalue weighted by molar-refractivity contribution is 6.25. The standard InChI is InChI=1S/C25H26F2N6O4/c1-14-5-6-19(22(34)30-14)33-23(35)17-3-2-4-18(20(17)24(33)36)28-11-15-12-29-32(13-15)16-7-9-31(10-8-16)25(37)21(26)27/h2-4,12-13,16,19,21,28H,1,5-11H2,(H,30,34). The number of benzene rings is 1. The normalized spacial score (nSPS) is 20.5. The fraction of sp³-hybridized carbons (Fsp3) is 0.400. The number of fused-ring (bicyclic) bond motifs is 1. The summed E-state index contributed by atoms with van der Waals surface area (Å²) in [5, 5.41) is 10.2. The minimum Gasteiger partial charge on any atom is -0.380 e. The van der Waals surface area contributed by atoms with Crippen LogP contribution in [0, 0.1) is 0 Å². The van der Waals surface area contributed by atoms with Gasteiger partial charge in [-0.25, -0.2) is 0 Å². The third-order valence-corrected chi connectivity index (χ3v) is 7.06. The SMILES string of the molecule is C=C1CCC(N2C(=O)c3cccc(NCc4cnn(C5CCN(C(=O)C(F)F)CC5)c4)c3C2=O)C(=O)N1. The molecule has 12 heteroatoms. The van der Waals surface area contributed by atoms with E-state index in [0.29, 0.717) is 43.6 Å². The molecule has 194 valence electrons. The van der Waals surface area contributed by atoms with Gasteiger partial charge in [0, 0.05) is 42.8 Å². The van der Waals surface area contributed by atoms with Gasteiger partial charge in [-0.05, 0) is 37.8 Å². The molecule has 2 fully saturated rings. The first-order valence-electron chi connectivity index (χ1n) is 12.1. The number of allylic oxidation sites excluding steroid dienone is 1. The minimum absolute atomic E-state index is 0.0121. The molecule has 1 aromatic heterocycles. The lowest BCUT2D eigenvalue weighted by atomic mass is 10.0. The van der Waals surface area contributed by atoms with Crippen molar-refractivity contribution in [3.63, 3.8) is 0 Å². The molecule has 37 heavy (non-hydrogen) atoms. The lowest BCUT2D eigenvalue weighted by Gasteiger charge is -2.31. The van der Waals surface area contributed by atoms with Crippen LogP contribution in [-0.4, -0.2) is 68.8 Å². The van der Waals surface area contributed by atoms with E-state index in [2.05, 4.69) is 22.3 Å². The van der Waals surface area contributed by atoms with Gasteiger partial charge in [-0.1, -0.05) is 12.6 Å². The van der Waals surface area contributed by atoms with Crippen molar-refractivity contribution < 1.29 is 28.0 Å². The van der Waals surface area contributed by atoms with Crippen molar-refractivity contribution in [2.45, 2.75) is 50.7 Å². The van der Waals surface area contributed by atoms with Crippen molar-refractivity contribution in [3.8, 4) is 0 Å². The average molecular weight is 513 g/mol. The molecule has 0 spiro atoms. The van der Waals surface area contributed by atoms with Crippen LogP contribution in [0.25, 0.3) is 0 Å². The molecule has 3 aliphatic heterocycles. The third-order valence-electron chi connectivity index (χ3n) is 7.06. The summed E-state index contributed by atoms with van der Waals surface area (Å²) in [5.41, 5.74) is 2.34. The topological polar surface area (TPSA) is 117 Å². The molecule has 0 bridgehead atoms. The number of nitrogens with one attached hydrogen (secondary N) is 2. The molecule has 2 saturated heterocycles. The molecule has 5 rings (SSSR count). The Morgan fingerprint density at radius 2 is 1.92 bits per heavy atom. The number of hydrogen-bond acceptors (Lipinski definition) is 6. The van der Waals surface area contributed by atoms with Crippen molar-refractivity contribution in [2.24, 2.45) is 0 Å². The number of anilines is 1. The molecule has 0 aliphatic carbocycles. The molecule has 10 nitrogen and oxygen atoms in total. The van der Waals surface area contributed by atoms with Crippen LogP contribution < -0.4 is 10.6 Å². The third kappa shape index (κ3) is 4.58. The molecular weight excluding hydrogens is 486 g/mol. The smallest absolute Gasteiger partial charge is 0.315 e. The predicted octanol–water partition coefficient (Wildman–Crippen LogP) is 2.31. The molecular formula is C25H26F2N6O4. The first kappa shape index (κ1) is 24.6. The summed E-state index contributed by atoms with van der Waals surface area (Å²) in [5.74, 6) is -2.57. The summed E-state index contributed by atoms with van der Waals surface area (Å²) in [7, 11) is 0. The number of amides is 4. The number of hydrogen-bond donors (Lipinski definition) is 2. The number of nitrogens with zero attached hydrogens (tertiary/aromatic N) is 4. The Labute approximate surface area is 211 Å². The quantitative estimate of drug-likeness (QED) is 0.574. The molecule has 3 aliphatic rings. The number of piperidine rings is 2. The highest BCUT2D eigenvalue weighted by Crippen LogP contribution is 2.33. The van der Waals surface area contributed by atoms with Crippen LogP contribution in [0.3, 0.4) is 0 Å². The zero-order valence-electron chi connectivity index (χ0n) is 20.0. The van der Waals surface area contributed by atoms with Crippen molar-refractivity contribution in [1.29, 1.82) is 0 Å². The van der Waals surface area contributed by atoms with Gasteiger partial charge in [-0.3, -0.25) is 28.8 Å². The summed E-state index contributed by atoms with van der Waals surface area (Å²) in [6.07, 6.45) is 2.37. The van der Waals surface area contributed by atoms with E-state index in [1.807, 2.05) is 6.20 Å². The maximum absolute atomic E-state index is 13.3. The molecule has 1 unspecified atom stereocenters. The Hall–Kier alpha value is -4.09. The molecule has 0 radical (unpaired) electrons. The van der Waals surface area contributed by atoms with Crippen LogP contribution in [0.1, 0.15) is 58.0 Å². The first-order valence-corrected chi connectivity index (χ1v) is 12.1. The lowest BCUT2D eigenvalue weighted by molar-refractivity contribution is -0.144. The van der Waals surface area contributed by atoms with Crippen molar-refractivity contribution in [1.82, 2.24) is 24.9 Å². The number of alkyl halides is 2. The van der Waals surface area contributed by atoms with Gasteiger partial charge in [-0.2, -0.15) is 13.9 Å². The molecule has 1 atom stereocenters. The fourth-order valence-electron chi connectivity index (χ4n) is 5.10. The zero-order chi connectivity index (χ0) is 26.3. The summed E-state index contributed by atoms with van der Waals surface area (Å²) in [6, 6.07) is 4.06. The Kier molecular flexibility index (Phi) is 6.48. The maximum Gasteiger partial charge on any atom is 0.315 e. The Balaban J connectivity index is 1.24. The van der Waals surface area contributed by atoms with Crippen molar-refractivity contribution in [3.05, 3.63) is 59.6 Å². The van der Waals surface area contributed by atoms with E-state index in [-0.39, 0.29) is 30.3 Å². The van der Waals surface area contributed by atoms with E-state index in [1.54, 1.807) is 29.1 Å². The molecule has 1 aromatic carbocycles. The second kappa shape index (κ2) is 9.75. The van der Waals surface area contributed by atoms with Crippen LogP contribution >= 0.6 is 0 Å². The number of halogens is 2. The van der Waals surface area contributed by atoms with Gasteiger partial charge >= 0.3 is 6.43 Å². The summed E-state index contributed by atoms with van der Waals surface area (Å²) >= 11 is 0. The molecule has 2 N–H and O–H groups in total. The average Bonchev–Trinajstić information content (AvgIpc) is 3.46. The van der Waals surface area contributed by atoms with Gasteiger partial charge in [0.05, 0.1) is 23.4 Å². The minimum atomic E-state index is -2.99. The molecule has 4 heterocycles.